The average Bonchev–Trinajstić information content (AvgIpc) is 3.16. The minimum Gasteiger partial charge on any atom is -0.449 e. The number of benzene rings is 2. The number of anilines is 2. The number of carbonyl (C=O) groups is 1. The standard InChI is InChI=1S/C18H17N3O2S2/c1-2-23-18(22)21-10-9-20-15-11-14(7-8-16(15)25-17(20)21)24-13-5-3-12(19)4-6-13/h3-11,17H,2,19H2,1H3. The van der Waals surface area contributed by atoms with Crippen molar-refractivity contribution in [3.05, 3.63) is 54.9 Å². The first-order valence-corrected chi connectivity index (χ1v) is 9.61. The van der Waals surface area contributed by atoms with Gasteiger partial charge in [0.05, 0.1) is 12.3 Å². The third kappa shape index (κ3) is 3.05. The maximum atomic E-state index is 12.1. The molecule has 0 saturated heterocycles. The number of thioether (sulfide) groups is 1. The highest BCUT2D eigenvalue weighted by molar-refractivity contribution is 8.00. The van der Waals surface area contributed by atoms with E-state index in [9.17, 15) is 4.79 Å². The Kier molecular flexibility index (Phi) is 4.27. The van der Waals surface area contributed by atoms with Crippen molar-refractivity contribution in [1.29, 1.82) is 0 Å². The molecule has 2 aromatic rings. The van der Waals surface area contributed by atoms with E-state index in [1.54, 1.807) is 34.6 Å². The van der Waals surface area contributed by atoms with Crippen LogP contribution in [0.3, 0.4) is 0 Å². The summed E-state index contributed by atoms with van der Waals surface area (Å²) in [6, 6.07) is 14.2. The molecule has 0 aromatic heterocycles. The second kappa shape index (κ2) is 6.57. The van der Waals surface area contributed by atoms with E-state index in [4.69, 9.17) is 10.5 Å². The minimum atomic E-state index is -0.317. The summed E-state index contributed by atoms with van der Waals surface area (Å²) in [5, 5.41) is 0. The molecule has 0 bridgehead atoms. The Bertz CT molecular complexity index is 839. The maximum Gasteiger partial charge on any atom is 0.416 e. The monoisotopic (exact) mass is 371 g/mol. The summed E-state index contributed by atoms with van der Waals surface area (Å²) in [4.78, 5) is 19.2. The Morgan fingerprint density at radius 2 is 1.96 bits per heavy atom. The Labute approximate surface area is 154 Å². The van der Waals surface area contributed by atoms with E-state index in [0.29, 0.717) is 6.61 Å². The molecule has 0 saturated carbocycles. The number of ether oxygens (including phenoxy) is 1. The fraction of sp³-hybridized carbons (Fsp3) is 0.167. The molecule has 2 aromatic carbocycles. The molecular formula is C18H17N3O2S2. The van der Waals surface area contributed by atoms with Crippen LogP contribution in [0.2, 0.25) is 0 Å². The van der Waals surface area contributed by atoms with Gasteiger partial charge in [0.2, 0.25) is 0 Å². The minimum absolute atomic E-state index is 0.106. The second-order valence-corrected chi connectivity index (χ2v) is 7.80. The van der Waals surface area contributed by atoms with Crippen LogP contribution in [-0.2, 0) is 4.74 Å². The summed E-state index contributed by atoms with van der Waals surface area (Å²) in [6.07, 6.45) is 3.39. The molecule has 0 radical (unpaired) electrons. The van der Waals surface area contributed by atoms with Gasteiger partial charge in [0, 0.05) is 32.8 Å². The quantitative estimate of drug-likeness (QED) is 0.798. The highest BCUT2D eigenvalue weighted by atomic mass is 32.2. The summed E-state index contributed by atoms with van der Waals surface area (Å²) in [6.45, 7) is 2.18. The molecule has 0 spiro atoms. The van der Waals surface area contributed by atoms with E-state index in [-0.39, 0.29) is 11.6 Å². The van der Waals surface area contributed by atoms with Gasteiger partial charge in [-0.1, -0.05) is 23.5 Å². The Balaban J connectivity index is 1.55. The molecule has 128 valence electrons. The number of nitrogens with two attached hydrogens (primary N) is 1. The number of hydrogen-bond acceptors (Lipinski definition) is 6. The third-order valence-corrected chi connectivity index (χ3v) is 6.16. The molecule has 1 unspecified atom stereocenters. The normalized spacial score (nSPS) is 17.6. The van der Waals surface area contributed by atoms with Crippen LogP contribution in [0.15, 0.2) is 69.6 Å². The van der Waals surface area contributed by atoms with Crippen molar-refractivity contribution in [3.63, 3.8) is 0 Å². The van der Waals surface area contributed by atoms with E-state index in [1.165, 1.54) is 0 Å². The van der Waals surface area contributed by atoms with E-state index >= 15 is 0 Å². The van der Waals surface area contributed by atoms with E-state index in [1.807, 2.05) is 37.4 Å². The summed E-state index contributed by atoms with van der Waals surface area (Å²) >= 11 is 3.34. The summed E-state index contributed by atoms with van der Waals surface area (Å²) in [7, 11) is 0. The molecule has 2 heterocycles. The van der Waals surface area contributed by atoms with Gasteiger partial charge in [0.25, 0.3) is 0 Å². The summed E-state index contributed by atoms with van der Waals surface area (Å²) in [5.74, 6) is 0. The van der Waals surface area contributed by atoms with Crippen LogP contribution in [0.5, 0.6) is 0 Å². The molecule has 5 nitrogen and oxygen atoms in total. The first-order valence-electron chi connectivity index (χ1n) is 7.91. The molecule has 0 fully saturated rings. The highest BCUT2D eigenvalue weighted by Gasteiger charge is 2.39. The van der Waals surface area contributed by atoms with Gasteiger partial charge < -0.3 is 15.4 Å². The molecule has 2 aliphatic rings. The Morgan fingerprint density at radius 3 is 2.72 bits per heavy atom. The van der Waals surface area contributed by atoms with Crippen molar-refractivity contribution in [1.82, 2.24) is 4.90 Å². The molecule has 1 atom stereocenters. The zero-order valence-electron chi connectivity index (χ0n) is 13.6. The van der Waals surface area contributed by atoms with Crippen LogP contribution < -0.4 is 10.6 Å². The van der Waals surface area contributed by atoms with Crippen molar-refractivity contribution in [3.8, 4) is 0 Å². The summed E-state index contributed by atoms with van der Waals surface area (Å²) in [5.41, 5.74) is 7.51. The Hall–Kier alpha value is -2.25. The molecule has 1 amide bonds. The van der Waals surface area contributed by atoms with Crippen LogP contribution in [0.25, 0.3) is 0 Å². The van der Waals surface area contributed by atoms with Crippen LogP contribution in [-0.4, -0.2) is 23.1 Å². The number of carbonyl (C=O) groups excluding carboxylic acids is 1. The molecular weight excluding hydrogens is 354 g/mol. The first kappa shape index (κ1) is 16.2. The predicted octanol–water partition coefficient (Wildman–Crippen LogP) is 4.56. The number of hydrogen-bond donors (Lipinski definition) is 1. The lowest BCUT2D eigenvalue weighted by atomic mass is 10.3. The van der Waals surface area contributed by atoms with Crippen molar-refractivity contribution in [2.45, 2.75) is 27.1 Å². The van der Waals surface area contributed by atoms with Gasteiger partial charge in [-0.3, -0.25) is 4.90 Å². The van der Waals surface area contributed by atoms with Crippen LogP contribution in [0, 0.1) is 0 Å². The van der Waals surface area contributed by atoms with Gasteiger partial charge in [-0.15, -0.1) is 0 Å². The molecule has 4 rings (SSSR count). The van der Waals surface area contributed by atoms with Crippen LogP contribution in [0.1, 0.15) is 6.92 Å². The Morgan fingerprint density at radius 1 is 1.20 bits per heavy atom. The third-order valence-electron chi connectivity index (χ3n) is 3.90. The number of rotatable bonds is 3. The van der Waals surface area contributed by atoms with Crippen LogP contribution >= 0.6 is 23.5 Å². The van der Waals surface area contributed by atoms with Gasteiger partial charge >= 0.3 is 6.09 Å². The van der Waals surface area contributed by atoms with E-state index in [0.717, 1.165) is 26.1 Å². The van der Waals surface area contributed by atoms with Crippen LogP contribution in [0.4, 0.5) is 16.2 Å². The molecule has 0 aliphatic carbocycles. The average molecular weight is 371 g/mol. The van der Waals surface area contributed by atoms with Crippen molar-refractivity contribution in [2.24, 2.45) is 0 Å². The number of amides is 1. The fourth-order valence-electron chi connectivity index (χ4n) is 2.73. The van der Waals surface area contributed by atoms with Gasteiger partial charge in [-0.2, -0.15) is 0 Å². The SMILES string of the molecule is CCOC(=O)N1C=CN2c3cc(Sc4ccc(N)cc4)ccc3SC12. The number of nitrogen functional groups attached to an aromatic ring is 1. The fourth-order valence-corrected chi connectivity index (χ4v) is 4.81. The zero-order valence-corrected chi connectivity index (χ0v) is 15.2. The van der Waals surface area contributed by atoms with Gasteiger partial charge in [0.15, 0.2) is 5.50 Å². The molecule has 2 aliphatic heterocycles. The molecule has 7 heteroatoms. The van der Waals surface area contributed by atoms with E-state index < -0.39 is 0 Å². The zero-order chi connectivity index (χ0) is 17.4. The molecule has 25 heavy (non-hydrogen) atoms. The van der Waals surface area contributed by atoms with Crippen molar-refractivity contribution in [2.75, 3.05) is 17.2 Å². The summed E-state index contributed by atoms with van der Waals surface area (Å²) < 4.78 is 5.13. The lowest BCUT2D eigenvalue weighted by Crippen LogP contribution is -2.37. The maximum absolute atomic E-state index is 12.1. The van der Waals surface area contributed by atoms with Gasteiger partial charge in [0.1, 0.15) is 0 Å². The lowest BCUT2D eigenvalue weighted by molar-refractivity contribution is 0.122. The lowest BCUT2D eigenvalue weighted by Gasteiger charge is -2.23. The largest absolute Gasteiger partial charge is 0.449 e. The van der Waals surface area contributed by atoms with Crippen molar-refractivity contribution < 1.29 is 9.53 Å². The second-order valence-electron chi connectivity index (χ2n) is 5.56. The smallest absolute Gasteiger partial charge is 0.416 e. The topological polar surface area (TPSA) is 58.8 Å². The predicted molar refractivity (Wildman–Crippen MR) is 102 cm³/mol. The van der Waals surface area contributed by atoms with Crippen molar-refractivity contribution >= 4 is 41.0 Å². The van der Waals surface area contributed by atoms with Gasteiger partial charge in [-0.25, -0.2) is 4.79 Å². The highest BCUT2D eigenvalue weighted by Crippen LogP contribution is 2.49. The van der Waals surface area contributed by atoms with E-state index in [2.05, 4.69) is 23.1 Å². The van der Waals surface area contributed by atoms with Gasteiger partial charge in [-0.05, 0) is 49.4 Å². The first-order chi connectivity index (χ1) is 12.2. The molecule has 2 N–H and O–H groups in total. The number of nitrogens with zero attached hydrogens (tertiary/aromatic N) is 2. The number of fused-ring (bicyclic) bond motifs is 3.